The predicted molar refractivity (Wildman–Crippen MR) is 154 cm³/mol. The molecule has 3 N–H and O–H groups in total. The lowest BCUT2D eigenvalue weighted by Gasteiger charge is -2.26. The van der Waals surface area contributed by atoms with Crippen LogP contribution in [0.4, 0.5) is 10.1 Å². The van der Waals surface area contributed by atoms with Gasteiger partial charge in [-0.15, -0.1) is 0 Å². The second-order valence-electron chi connectivity index (χ2n) is 10.5. The summed E-state index contributed by atoms with van der Waals surface area (Å²) >= 11 is 5.33. The molecule has 2 aliphatic heterocycles. The van der Waals surface area contributed by atoms with Crippen LogP contribution in [0.25, 0.3) is 0 Å². The SMILES string of the molecule is CC(C)(C)C.Fc1ccccc1Cl.O=C(Nc1ccccc1)C1CCNC1.O=CNCCN1CCOCC1. The molecule has 2 aromatic rings. The minimum Gasteiger partial charge on any atom is -0.379 e. The lowest BCUT2D eigenvalue weighted by molar-refractivity contribution is -0.119. The second kappa shape index (κ2) is 19.5. The van der Waals surface area contributed by atoms with Crippen molar-refractivity contribution in [2.75, 3.05) is 57.8 Å². The third-order valence-corrected chi connectivity index (χ3v) is 5.36. The number of carbonyl (C=O) groups is 2. The number of nitrogens with one attached hydrogen (secondary N) is 3. The Kier molecular flexibility index (Phi) is 17.2. The first-order chi connectivity index (χ1) is 18.1. The highest BCUT2D eigenvalue weighted by Crippen LogP contribution is 2.13. The van der Waals surface area contributed by atoms with E-state index in [1.54, 1.807) is 12.1 Å². The molecule has 2 amide bonds. The van der Waals surface area contributed by atoms with Crippen molar-refractivity contribution in [2.24, 2.45) is 11.3 Å². The van der Waals surface area contributed by atoms with Crippen molar-refractivity contribution in [3.63, 3.8) is 0 Å². The van der Waals surface area contributed by atoms with E-state index >= 15 is 0 Å². The molecule has 0 aromatic heterocycles. The van der Waals surface area contributed by atoms with Gasteiger partial charge in [-0.2, -0.15) is 0 Å². The van der Waals surface area contributed by atoms with Gasteiger partial charge >= 0.3 is 0 Å². The van der Waals surface area contributed by atoms with Gasteiger partial charge < -0.3 is 20.7 Å². The van der Waals surface area contributed by atoms with Crippen LogP contribution >= 0.6 is 11.6 Å². The van der Waals surface area contributed by atoms with E-state index in [4.69, 9.17) is 16.3 Å². The average Bonchev–Trinajstić information content (AvgIpc) is 3.43. The molecule has 9 heteroatoms. The average molecular weight is 551 g/mol. The van der Waals surface area contributed by atoms with Crippen LogP contribution < -0.4 is 16.0 Å². The van der Waals surface area contributed by atoms with Gasteiger partial charge in [-0.1, -0.05) is 69.6 Å². The molecule has 0 bridgehead atoms. The van der Waals surface area contributed by atoms with Gasteiger partial charge in [0.25, 0.3) is 0 Å². The summed E-state index contributed by atoms with van der Waals surface area (Å²) in [6.07, 6.45) is 1.68. The molecule has 0 aliphatic carbocycles. The Bertz CT molecular complexity index is 873. The zero-order valence-electron chi connectivity index (χ0n) is 23.1. The van der Waals surface area contributed by atoms with Crippen molar-refractivity contribution >= 4 is 29.6 Å². The topological polar surface area (TPSA) is 82.7 Å². The summed E-state index contributed by atoms with van der Waals surface area (Å²) in [5.41, 5.74) is 1.38. The molecule has 1 unspecified atom stereocenters. The second-order valence-corrected chi connectivity index (χ2v) is 10.9. The smallest absolute Gasteiger partial charge is 0.228 e. The quantitative estimate of drug-likeness (QED) is 0.354. The Balaban J connectivity index is 0.000000270. The van der Waals surface area contributed by atoms with Crippen LogP contribution in [-0.4, -0.2) is 69.7 Å². The molecule has 7 nitrogen and oxygen atoms in total. The molecule has 2 heterocycles. The van der Waals surface area contributed by atoms with Gasteiger partial charge in [-0.25, -0.2) is 4.39 Å². The third kappa shape index (κ3) is 17.9. The summed E-state index contributed by atoms with van der Waals surface area (Å²) in [6.45, 7) is 15.8. The maximum atomic E-state index is 12.2. The first-order valence-corrected chi connectivity index (χ1v) is 13.4. The van der Waals surface area contributed by atoms with E-state index in [1.165, 1.54) is 12.1 Å². The normalized spacial score (nSPS) is 16.8. The summed E-state index contributed by atoms with van der Waals surface area (Å²) in [5.74, 6) is -0.106. The number of carbonyl (C=O) groups excluding carboxylic acids is 2. The summed E-state index contributed by atoms with van der Waals surface area (Å²) in [6, 6.07) is 15.7. The third-order valence-electron chi connectivity index (χ3n) is 5.06. The molecule has 38 heavy (non-hydrogen) atoms. The fourth-order valence-electron chi connectivity index (χ4n) is 3.19. The number of para-hydroxylation sites is 1. The largest absolute Gasteiger partial charge is 0.379 e. The highest BCUT2D eigenvalue weighted by Gasteiger charge is 2.22. The molecule has 212 valence electrons. The predicted octanol–water partition coefficient (Wildman–Crippen LogP) is 4.83. The van der Waals surface area contributed by atoms with Crippen molar-refractivity contribution in [2.45, 2.75) is 34.1 Å². The van der Waals surface area contributed by atoms with Crippen LogP contribution in [0.3, 0.4) is 0 Å². The first kappa shape index (κ1) is 33.5. The summed E-state index contributed by atoms with van der Waals surface area (Å²) in [7, 11) is 0. The molecule has 1 atom stereocenters. The minimum absolute atomic E-state index is 0.126. The maximum Gasteiger partial charge on any atom is 0.228 e. The number of halogens is 2. The van der Waals surface area contributed by atoms with Crippen molar-refractivity contribution in [1.29, 1.82) is 0 Å². The number of nitrogens with zero attached hydrogens (tertiary/aromatic N) is 1. The molecular weight excluding hydrogens is 507 g/mol. The molecular formula is C29H44ClFN4O3. The van der Waals surface area contributed by atoms with Crippen LogP contribution in [0.15, 0.2) is 54.6 Å². The highest BCUT2D eigenvalue weighted by molar-refractivity contribution is 6.30. The Morgan fingerprint density at radius 3 is 2.21 bits per heavy atom. The van der Waals surface area contributed by atoms with E-state index in [0.29, 0.717) is 5.41 Å². The summed E-state index contributed by atoms with van der Waals surface area (Å²) < 4.78 is 17.4. The first-order valence-electron chi connectivity index (χ1n) is 13.0. The molecule has 2 aromatic carbocycles. The van der Waals surface area contributed by atoms with Gasteiger partial charge in [-0.3, -0.25) is 14.5 Å². The molecule has 2 aliphatic rings. The fourth-order valence-corrected chi connectivity index (χ4v) is 3.33. The minimum atomic E-state index is -0.367. The number of hydrogen-bond donors (Lipinski definition) is 3. The molecule has 0 spiro atoms. The van der Waals surface area contributed by atoms with Crippen LogP contribution in [0, 0.1) is 17.2 Å². The van der Waals surface area contributed by atoms with Gasteiger partial charge in [0, 0.05) is 38.4 Å². The zero-order valence-corrected chi connectivity index (χ0v) is 23.9. The van der Waals surface area contributed by atoms with E-state index < -0.39 is 0 Å². The Hall–Kier alpha value is -2.52. The lowest BCUT2D eigenvalue weighted by Crippen LogP contribution is -2.40. The van der Waals surface area contributed by atoms with E-state index in [2.05, 4.69) is 48.5 Å². The van der Waals surface area contributed by atoms with Crippen LogP contribution in [0.1, 0.15) is 34.1 Å². The van der Waals surface area contributed by atoms with Crippen LogP contribution in [0.2, 0.25) is 5.02 Å². The number of hydrogen-bond acceptors (Lipinski definition) is 5. The monoisotopic (exact) mass is 550 g/mol. The number of ether oxygens (including phenoxy) is 1. The van der Waals surface area contributed by atoms with Crippen molar-refractivity contribution in [3.05, 3.63) is 65.4 Å². The summed E-state index contributed by atoms with van der Waals surface area (Å²) in [4.78, 5) is 23.8. The maximum absolute atomic E-state index is 12.2. The van der Waals surface area contributed by atoms with Crippen molar-refractivity contribution in [3.8, 4) is 0 Å². The van der Waals surface area contributed by atoms with E-state index in [0.717, 1.165) is 71.0 Å². The van der Waals surface area contributed by atoms with Crippen molar-refractivity contribution in [1.82, 2.24) is 15.5 Å². The van der Waals surface area contributed by atoms with Gasteiger partial charge in [0.2, 0.25) is 12.3 Å². The molecule has 0 saturated carbocycles. The van der Waals surface area contributed by atoms with Gasteiger partial charge in [0.05, 0.1) is 24.2 Å². The molecule has 2 fully saturated rings. The number of rotatable bonds is 6. The fraction of sp³-hybridized carbons (Fsp3) is 0.517. The van der Waals surface area contributed by atoms with Gasteiger partial charge in [0.1, 0.15) is 5.82 Å². The number of amides is 2. The van der Waals surface area contributed by atoms with Crippen molar-refractivity contribution < 1.29 is 18.7 Å². The standard InChI is InChI=1S/C11H14N2O.C7H14N2O2.C6H4ClF.C5H12/c14-11(9-6-7-12-8-9)13-10-4-2-1-3-5-10;10-7-8-1-2-9-3-5-11-6-4-9;7-5-3-1-2-4-6(5)8;1-5(2,3)4/h1-5,9,12H,6-8H2,(H,13,14);7H,1-6H2,(H,8,10);1-4H;1-4H3. The Morgan fingerprint density at radius 2 is 1.71 bits per heavy atom. The van der Waals surface area contributed by atoms with Gasteiger partial charge in [-0.05, 0) is 42.6 Å². The number of morpholine rings is 1. The molecule has 2 saturated heterocycles. The molecule has 0 radical (unpaired) electrons. The van der Waals surface area contributed by atoms with E-state index in [9.17, 15) is 14.0 Å². The Morgan fingerprint density at radius 1 is 1.11 bits per heavy atom. The number of anilines is 1. The van der Waals surface area contributed by atoms with Crippen LogP contribution in [0.5, 0.6) is 0 Å². The van der Waals surface area contributed by atoms with Crippen LogP contribution in [-0.2, 0) is 14.3 Å². The highest BCUT2D eigenvalue weighted by atomic mass is 35.5. The molecule has 4 rings (SSSR count). The Labute approximate surface area is 232 Å². The van der Waals surface area contributed by atoms with E-state index in [1.807, 2.05) is 30.3 Å². The number of benzene rings is 2. The van der Waals surface area contributed by atoms with Gasteiger partial charge in [0.15, 0.2) is 0 Å². The van der Waals surface area contributed by atoms with E-state index in [-0.39, 0.29) is 22.7 Å². The zero-order chi connectivity index (χ0) is 28.2. The lowest BCUT2D eigenvalue weighted by atomic mass is 10.0. The summed E-state index contributed by atoms with van der Waals surface area (Å²) in [5, 5.41) is 8.89.